The number of benzene rings is 1. The number of rotatable bonds is 2. The highest BCUT2D eigenvalue weighted by atomic mass is 19.1. The number of nitrogens with zero attached hydrogens (tertiary/aromatic N) is 2. The molecule has 3 atom stereocenters. The van der Waals surface area contributed by atoms with Gasteiger partial charge in [-0.2, -0.15) is 0 Å². The molecular formula is C18H21FN2O3. The summed E-state index contributed by atoms with van der Waals surface area (Å²) in [5.74, 6) is -1.19. The van der Waals surface area contributed by atoms with Crippen LogP contribution in [-0.2, 0) is 14.3 Å². The van der Waals surface area contributed by atoms with Gasteiger partial charge in [-0.1, -0.05) is 0 Å². The molecule has 2 amide bonds. The Morgan fingerprint density at radius 3 is 2.71 bits per heavy atom. The predicted octanol–water partition coefficient (Wildman–Crippen LogP) is 1.96. The molecule has 0 aromatic heterocycles. The minimum Gasteiger partial charge on any atom is -0.374 e. The SMILES string of the molecule is O=C1[C@H](C(=O)N2CCO[C@@H]3CCC[C@@H]32)CCN1c1ccc(F)cc1. The Kier molecular flexibility index (Phi) is 4.00. The van der Waals surface area contributed by atoms with Crippen molar-refractivity contribution in [2.75, 3.05) is 24.6 Å². The van der Waals surface area contributed by atoms with Crippen molar-refractivity contribution < 1.29 is 18.7 Å². The number of morpholine rings is 1. The Labute approximate surface area is 140 Å². The maximum Gasteiger partial charge on any atom is 0.239 e. The van der Waals surface area contributed by atoms with Crippen molar-refractivity contribution in [3.63, 3.8) is 0 Å². The number of hydrogen-bond acceptors (Lipinski definition) is 3. The van der Waals surface area contributed by atoms with Crippen LogP contribution in [0.4, 0.5) is 10.1 Å². The quantitative estimate of drug-likeness (QED) is 0.778. The van der Waals surface area contributed by atoms with Gasteiger partial charge >= 0.3 is 0 Å². The van der Waals surface area contributed by atoms with Gasteiger partial charge in [0.05, 0.1) is 18.8 Å². The fourth-order valence-electron chi connectivity index (χ4n) is 4.19. The van der Waals surface area contributed by atoms with Crippen LogP contribution < -0.4 is 4.90 Å². The molecule has 1 saturated carbocycles. The van der Waals surface area contributed by atoms with E-state index in [1.54, 1.807) is 17.0 Å². The van der Waals surface area contributed by atoms with Crippen molar-refractivity contribution in [2.24, 2.45) is 5.92 Å². The first-order chi connectivity index (χ1) is 11.6. The third kappa shape index (κ3) is 2.59. The van der Waals surface area contributed by atoms with Crippen molar-refractivity contribution in [3.8, 4) is 0 Å². The third-order valence-corrected chi connectivity index (χ3v) is 5.41. The Hall–Kier alpha value is -1.95. The fourth-order valence-corrected chi connectivity index (χ4v) is 4.19. The zero-order valence-corrected chi connectivity index (χ0v) is 13.5. The second-order valence-corrected chi connectivity index (χ2v) is 6.75. The lowest BCUT2D eigenvalue weighted by atomic mass is 10.0. The first kappa shape index (κ1) is 15.6. The number of carbonyl (C=O) groups is 2. The molecule has 1 aromatic rings. The van der Waals surface area contributed by atoms with Crippen molar-refractivity contribution in [2.45, 2.75) is 37.8 Å². The molecule has 5 nitrogen and oxygen atoms in total. The molecule has 128 valence electrons. The van der Waals surface area contributed by atoms with Crippen molar-refractivity contribution in [3.05, 3.63) is 30.1 Å². The molecule has 6 heteroatoms. The fraction of sp³-hybridized carbons (Fsp3) is 0.556. The van der Waals surface area contributed by atoms with Gasteiger partial charge in [0.15, 0.2) is 0 Å². The summed E-state index contributed by atoms with van der Waals surface area (Å²) in [5.41, 5.74) is 0.650. The number of fused-ring (bicyclic) bond motifs is 1. The maximum atomic E-state index is 13.1. The lowest BCUT2D eigenvalue weighted by Crippen LogP contribution is -2.53. The molecular weight excluding hydrogens is 311 g/mol. The largest absolute Gasteiger partial charge is 0.374 e. The Morgan fingerprint density at radius 2 is 1.92 bits per heavy atom. The number of ether oxygens (including phenoxy) is 1. The molecule has 2 aliphatic heterocycles. The lowest BCUT2D eigenvalue weighted by Gasteiger charge is -2.38. The summed E-state index contributed by atoms with van der Waals surface area (Å²) in [6, 6.07) is 5.97. The minimum absolute atomic E-state index is 0.0650. The Morgan fingerprint density at radius 1 is 1.12 bits per heavy atom. The van der Waals surface area contributed by atoms with Crippen LogP contribution in [0.2, 0.25) is 0 Å². The molecule has 2 heterocycles. The third-order valence-electron chi connectivity index (χ3n) is 5.41. The van der Waals surface area contributed by atoms with Crippen LogP contribution in [0.5, 0.6) is 0 Å². The number of amides is 2. The van der Waals surface area contributed by atoms with E-state index in [1.807, 2.05) is 4.90 Å². The first-order valence-corrected chi connectivity index (χ1v) is 8.64. The molecule has 24 heavy (non-hydrogen) atoms. The van der Waals surface area contributed by atoms with E-state index in [9.17, 15) is 14.0 Å². The molecule has 0 N–H and O–H groups in total. The van der Waals surface area contributed by atoms with Gasteiger partial charge in [0, 0.05) is 18.8 Å². The van der Waals surface area contributed by atoms with E-state index in [-0.39, 0.29) is 29.8 Å². The van der Waals surface area contributed by atoms with E-state index in [2.05, 4.69) is 0 Å². The molecule has 1 aliphatic carbocycles. The average molecular weight is 332 g/mol. The van der Waals surface area contributed by atoms with Gasteiger partial charge in [-0.25, -0.2) is 4.39 Å². The highest BCUT2D eigenvalue weighted by Gasteiger charge is 2.45. The van der Waals surface area contributed by atoms with Crippen molar-refractivity contribution in [1.29, 1.82) is 0 Å². The van der Waals surface area contributed by atoms with Crippen LogP contribution in [0.25, 0.3) is 0 Å². The predicted molar refractivity (Wildman–Crippen MR) is 86.0 cm³/mol. The van der Waals surface area contributed by atoms with Crippen molar-refractivity contribution >= 4 is 17.5 Å². The summed E-state index contributed by atoms with van der Waals surface area (Å²) in [7, 11) is 0. The van der Waals surface area contributed by atoms with Crippen LogP contribution in [0.3, 0.4) is 0 Å². The van der Waals surface area contributed by atoms with Gasteiger partial charge in [0.1, 0.15) is 11.7 Å². The molecule has 4 rings (SSSR count). The Balaban J connectivity index is 1.49. The van der Waals surface area contributed by atoms with Gasteiger partial charge < -0.3 is 14.5 Å². The molecule has 0 bridgehead atoms. The van der Waals surface area contributed by atoms with E-state index in [4.69, 9.17) is 4.74 Å². The number of hydrogen-bond donors (Lipinski definition) is 0. The minimum atomic E-state index is -0.616. The second-order valence-electron chi connectivity index (χ2n) is 6.75. The van der Waals surface area contributed by atoms with Crippen LogP contribution >= 0.6 is 0 Å². The summed E-state index contributed by atoms with van der Waals surface area (Å²) in [5, 5.41) is 0. The maximum absolute atomic E-state index is 13.1. The first-order valence-electron chi connectivity index (χ1n) is 8.64. The van der Waals surface area contributed by atoms with E-state index < -0.39 is 5.92 Å². The highest BCUT2D eigenvalue weighted by Crippen LogP contribution is 2.33. The van der Waals surface area contributed by atoms with Crippen molar-refractivity contribution in [1.82, 2.24) is 4.90 Å². The summed E-state index contributed by atoms with van der Waals surface area (Å²) in [4.78, 5) is 29.1. The molecule has 1 aromatic carbocycles. The monoisotopic (exact) mass is 332 g/mol. The topological polar surface area (TPSA) is 49.9 Å². The van der Waals surface area contributed by atoms with E-state index >= 15 is 0 Å². The van der Waals surface area contributed by atoms with Crippen LogP contribution in [0.1, 0.15) is 25.7 Å². The van der Waals surface area contributed by atoms with Gasteiger partial charge in [-0.15, -0.1) is 0 Å². The van der Waals surface area contributed by atoms with Gasteiger partial charge in [0.25, 0.3) is 0 Å². The van der Waals surface area contributed by atoms with Crippen LogP contribution in [-0.4, -0.2) is 48.6 Å². The standard InChI is InChI=1S/C18H21FN2O3/c19-12-4-6-13(7-5-12)20-9-8-14(17(20)22)18(23)21-10-11-24-16-3-1-2-15(16)21/h4-7,14-16H,1-3,8-11H2/t14-,15+,16-/m1/s1. The van der Waals surface area contributed by atoms with Gasteiger partial charge in [-0.3, -0.25) is 9.59 Å². The zero-order valence-electron chi connectivity index (χ0n) is 13.5. The number of halogens is 1. The highest BCUT2D eigenvalue weighted by molar-refractivity contribution is 6.09. The lowest BCUT2D eigenvalue weighted by molar-refractivity contribution is -0.150. The van der Waals surface area contributed by atoms with E-state index in [1.165, 1.54) is 12.1 Å². The normalized spacial score (nSPS) is 29.9. The molecule has 3 aliphatic rings. The van der Waals surface area contributed by atoms with Gasteiger partial charge in [0.2, 0.25) is 11.8 Å². The second kappa shape index (κ2) is 6.16. The van der Waals surface area contributed by atoms with Crippen LogP contribution in [0, 0.1) is 11.7 Å². The zero-order chi connectivity index (χ0) is 16.7. The summed E-state index contributed by atoms with van der Waals surface area (Å²) < 4.78 is 18.8. The molecule has 2 saturated heterocycles. The van der Waals surface area contributed by atoms with E-state index in [0.29, 0.717) is 31.8 Å². The number of carbonyl (C=O) groups excluding carboxylic acids is 2. The Bertz CT molecular complexity index is 648. The smallest absolute Gasteiger partial charge is 0.239 e. The molecule has 0 spiro atoms. The summed E-state index contributed by atoms with van der Waals surface area (Å²) in [6.07, 6.45) is 3.67. The summed E-state index contributed by atoms with van der Waals surface area (Å²) in [6.45, 7) is 1.62. The van der Waals surface area contributed by atoms with Crippen LogP contribution in [0.15, 0.2) is 24.3 Å². The molecule has 3 fully saturated rings. The van der Waals surface area contributed by atoms with E-state index in [0.717, 1.165) is 19.3 Å². The molecule has 0 unspecified atom stereocenters. The summed E-state index contributed by atoms with van der Waals surface area (Å²) >= 11 is 0. The average Bonchev–Trinajstić information content (AvgIpc) is 3.21. The molecule has 0 radical (unpaired) electrons. The van der Waals surface area contributed by atoms with Gasteiger partial charge in [-0.05, 0) is 49.9 Å². The number of anilines is 1.